The zero-order valence-electron chi connectivity index (χ0n) is 16.7. The number of fused-ring (bicyclic) bond motifs is 1. The molecule has 0 bridgehead atoms. The van der Waals surface area contributed by atoms with Crippen LogP contribution in [-0.4, -0.2) is 57.7 Å². The molecule has 4 heterocycles. The number of nitrogens with zero attached hydrogens (tertiary/aromatic N) is 4. The smallest absolute Gasteiger partial charge is 0.326 e. The predicted molar refractivity (Wildman–Crippen MR) is 113 cm³/mol. The Morgan fingerprint density at radius 2 is 2.03 bits per heavy atom. The summed E-state index contributed by atoms with van der Waals surface area (Å²) >= 11 is 0. The third kappa shape index (κ3) is 4.25. The normalized spacial score (nSPS) is 18.4. The number of hydrogen-bond donors (Lipinski definition) is 3. The van der Waals surface area contributed by atoms with E-state index < -0.39 is 11.9 Å². The lowest BCUT2D eigenvalue weighted by Crippen LogP contribution is -2.35. The average Bonchev–Trinajstić information content (AvgIpc) is 3.31. The van der Waals surface area contributed by atoms with Crippen molar-refractivity contribution in [1.82, 2.24) is 30.1 Å². The molecule has 0 spiro atoms. The molecule has 3 amide bonds. The van der Waals surface area contributed by atoms with Crippen LogP contribution >= 0.6 is 0 Å². The zero-order chi connectivity index (χ0) is 21.2. The maximum absolute atomic E-state index is 11.8. The molecule has 10 nitrogen and oxygen atoms in total. The maximum atomic E-state index is 11.8. The topological polar surface area (TPSA) is 113 Å². The van der Waals surface area contributed by atoms with E-state index in [0.29, 0.717) is 17.0 Å². The first-order valence-corrected chi connectivity index (χ1v) is 9.98. The van der Waals surface area contributed by atoms with Crippen molar-refractivity contribution in [2.45, 2.75) is 6.54 Å². The van der Waals surface area contributed by atoms with E-state index in [2.05, 4.69) is 43.1 Å². The van der Waals surface area contributed by atoms with Gasteiger partial charge in [0.15, 0.2) is 5.65 Å². The fraction of sp³-hybridized carbons (Fsp3) is 0.238. The Labute approximate surface area is 177 Å². The Kier molecular flexibility index (Phi) is 5.06. The van der Waals surface area contributed by atoms with Crippen molar-refractivity contribution in [3.63, 3.8) is 0 Å². The van der Waals surface area contributed by atoms with Crippen LogP contribution < -0.4 is 16.0 Å². The molecule has 0 aliphatic carbocycles. The number of imide groups is 1. The summed E-state index contributed by atoms with van der Waals surface area (Å²) < 4.78 is 7.03. The first-order chi connectivity index (χ1) is 15.1. The van der Waals surface area contributed by atoms with Crippen molar-refractivity contribution in [3.8, 4) is 0 Å². The molecule has 2 aliphatic heterocycles. The third-order valence-electron chi connectivity index (χ3n) is 5.13. The molecule has 3 N–H and O–H groups in total. The van der Waals surface area contributed by atoms with Crippen LogP contribution in [-0.2, 0) is 16.1 Å². The number of urea groups is 1. The lowest BCUT2D eigenvalue weighted by Gasteiger charge is -2.26. The van der Waals surface area contributed by atoms with Gasteiger partial charge in [0.05, 0.1) is 19.4 Å². The van der Waals surface area contributed by atoms with Crippen molar-refractivity contribution in [2.24, 2.45) is 0 Å². The molecule has 3 aromatic rings. The number of anilines is 2. The first-order valence-electron chi connectivity index (χ1n) is 9.98. The third-order valence-corrected chi connectivity index (χ3v) is 5.13. The van der Waals surface area contributed by atoms with Gasteiger partial charge in [-0.1, -0.05) is 12.1 Å². The van der Waals surface area contributed by atoms with Gasteiger partial charge in [0.2, 0.25) is 0 Å². The number of rotatable bonds is 5. The minimum Gasteiger partial charge on any atom is -0.379 e. The van der Waals surface area contributed by atoms with Crippen LogP contribution in [0.1, 0.15) is 11.1 Å². The number of amides is 3. The van der Waals surface area contributed by atoms with Crippen LogP contribution in [0.5, 0.6) is 0 Å². The Balaban J connectivity index is 1.36. The Morgan fingerprint density at radius 1 is 1.16 bits per heavy atom. The minimum atomic E-state index is -0.542. The van der Waals surface area contributed by atoms with Gasteiger partial charge < -0.3 is 15.4 Å². The average molecular weight is 419 g/mol. The number of hydrogen-bond acceptors (Lipinski definition) is 7. The van der Waals surface area contributed by atoms with E-state index in [1.165, 1.54) is 5.56 Å². The van der Waals surface area contributed by atoms with Gasteiger partial charge in [0.25, 0.3) is 5.91 Å². The van der Waals surface area contributed by atoms with Gasteiger partial charge in [-0.15, -0.1) is 0 Å². The van der Waals surface area contributed by atoms with Crippen molar-refractivity contribution in [2.75, 3.05) is 31.6 Å². The SMILES string of the molecule is O=C1NC(=O)/C(=C/c2cnn3ccc(Nc4cccc(CN5CCOCC5)c4)nc23)N1. The van der Waals surface area contributed by atoms with Crippen LogP contribution in [0.15, 0.2) is 48.4 Å². The number of aromatic nitrogens is 3. The van der Waals surface area contributed by atoms with E-state index in [-0.39, 0.29) is 5.70 Å². The number of benzene rings is 1. The molecule has 10 heteroatoms. The zero-order valence-corrected chi connectivity index (χ0v) is 16.7. The fourth-order valence-corrected chi connectivity index (χ4v) is 3.61. The second kappa shape index (κ2) is 8.17. The van der Waals surface area contributed by atoms with E-state index in [9.17, 15) is 9.59 Å². The summed E-state index contributed by atoms with van der Waals surface area (Å²) in [6.07, 6.45) is 4.94. The highest BCUT2D eigenvalue weighted by atomic mass is 16.5. The van der Waals surface area contributed by atoms with Gasteiger partial charge in [0.1, 0.15) is 11.5 Å². The molecule has 158 valence electrons. The van der Waals surface area contributed by atoms with Gasteiger partial charge in [-0.2, -0.15) is 5.10 Å². The Hall–Kier alpha value is -3.76. The predicted octanol–water partition coefficient (Wildman–Crippen LogP) is 1.49. The summed E-state index contributed by atoms with van der Waals surface area (Å²) in [6.45, 7) is 4.30. The Morgan fingerprint density at radius 3 is 2.84 bits per heavy atom. The second-order valence-corrected chi connectivity index (χ2v) is 7.36. The van der Waals surface area contributed by atoms with E-state index in [1.807, 2.05) is 18.2 Å². The summed E-state index contributed by atoms with van der Waals surface area (Å²) in [5.41, 5.74) is 3.50. The Bertz CT molecular complexity index is 1180. The molecule has 2 aromatic heterocycles. The van der Waals surface area contributed by atoms with E-state index in [4.69, 9.17) is 4.74 Å². The summed E-state index contributed by atoms with van der Waals surface area (Å²) in [4.78, 5) is 30.1. The highest BCUT2D eigenvalue weighted by molar-refractivity contribution is 6.14. The van der Waals surface area contributed by atoms with Crippen molar-refractivity contribution in [3.05, 3.63) is 59.5 Å². The molecule has 31 heavy (non-hydrogen) atoms. The van der Waals surface area contributed by atoms with Gasteiger partial charge in [0, 0.05) is 37.1 Å². The lowest BCUT2D eigenvalue weighted by molar-refractivity contribution is -0.115. The van der Waals surface area contributed by atoms with Gasteiger partial charge in [-0.25, -0.2) is 14.3 Å². The van der Waals surface area contributed by atoms with Crippen LogP contribution in [0.3, 0.4) is 0 Å². The summed E-state index contributed by atoms with van der Waals surface area (Å²) in [6, 6.07) is 9.52. The van der Waals surface area contributed by atoms with E-state index in [0.717, 1.165) is 38.5 Å². The molecule has 2 aliphatic rings. The maximum Gasteiger partial charge on any atom is 0.326 e. The summed E-state index contributed by atoms with van der Waals surface area (Å²) in [7, 11) is 0. The van der Waals surface area contributed by atoms with Crippen LogP contribution in [0.25, 0.3) is 11.7 Å². The molecular formula is C21H21N7O3. The highest BCUT2D eigenvalue weighted by Gasteiger charge is 2.23. The monoisotopic (exact) mass is 419 g/mol. The molecule has 2 fully saturated rings. The molecule has 0 atom stereocenters. The molecule has 0 unspecified atom stereocenters. The van der Waals surface area contributed by atoms with Gasteiger partial charge in [-0.3, -0.25) is 15.0 Å². The van der Waals surface area contributed by atoms with Crippen LogP contribution in [0, 0.1) is 0 Å². The second-order valence-electron chi connectivity index (χ2n) is 7.36. The van der Waals surface area contributed by atoms with Gasteiger partial charge in [-0.05, 0) is 29.8 Å². The quantitative estimate of drug-likeness (QED) is 0.424. The van der Waals surface area contributed by atoms with Crippen LogP contribution in [0.2, 0.25) is 0 Å². The standard InChI is InChI=1S/C21H21N7O3/c29-20-17(24-21(30)26-20)11-15-12-22-28-5-4-18(25-19(15)28)23-16-3-1-2-14(10-16)13-27-6-8-31-9-7-27/h1-5,10-12H,6-9,13H2,(H,23,25)(H2,24,26,29,30)/b17-11-. The van der Waals surface area contributed by atoms with Crippen molar-refractivity contribution < 1.29 is 14.3 Å². The first kappa shape index (κ1) is 19.2. The number of morpholine rings is 1. The molecule has 1 aromatic carbocycles. The summed E-state index contributed by atoms with van der Waals surface area (Å²) in [5.74, 6) is 0.173. The van der Waals surface area contributed by atoms with Crippen LogP contribution in [0.4, 0.5) is 16.3 Å². The number of carbonyl (C=O) groups is 2. The van der Waals surface area contributed by atoms with Gasteiger partial charge >= 0.3 is 6.03 Å². The molecule has 2 saturated heterocycles. The molecule has 0 saturated carbocycles. The number of carbonyl (C=O) groups excluding carboxylic acids is 2. The lowest BCUT2D eigenvalue weighted by atomic mass is 10.2. The molecule has 0 radical (unpaired) electrons. The van der Waals surface area contributed by atoms with Crippen molar-refractivity contribution in [1.29, 1.82) is 0 Å². The fourth-order valence-electron chi connectivity index (χ4n) is 3.61. The number of nitrogens with one attached hydrogen (secondary N) is 3. The largest absolute Gasteiger partial charge is 0.379 e. The molecule has 5 rings (SSSR count). The minimum absolute atomic E-state index is 0.163. The summed E-state index contributed by atoms with van der Waals surface area (Å²) in [5, 5.41) is 12.2. The molecular weight excluding hydrogens is 398 g/mol. The highest BCUT2D eigenvalue weighted by Crippen LogP contribution is 2.20. The van der Waals surface area contributed by atoms with E-state index >= 15 is 0 Å². The number of ether oxygens (including phenoxy) is 1. The van der Waals surface area contributed by atoms with E-state index in [1.54, 1.807) is 23.0 Å². The van der Waals surface area contributed by atoms with Crippen molar-refractivity contribution >= 4 is 35.2 Å².